The lowest BCUT2D eigenvalue weighted by Crippen LogP contribution is -2.48. The fourth-order valence-corrected chi connectivity index (χ4v) is 2.70. The number of carbonyl (C=O) groups excluding carboxylic acids is 1. The maximum absolute atomic E-state index is 11.1. The van der Waals surface area contributed by atoms with Gasteiger partial charge in [0, 0.05) is 30.2 Å². The van der Waals surface area contributed by atoms with Gasteiger partial charge in [-0.25, -0.2) is 0 Å². The van der Waals surface area contributed by atoms with Gasteiger partial charge in [-0.05, 0) is 39.3 Å². The van der Waals surface area contributed by atoms with Gasteiger partial charge in [0.25, 0.3) is 5.91 Å². The molecule has 1 saturated heterocycles. The van der Waals surface area contributed by atoms with E-state index in [9.17, 15) is 4.79 Å². The molecule has 7 heteroatoms. The zero-order valence-electron chi connectivity index (χ0n) is 12.1. The van der Waals surface area contributed by atoms with E-state index in [1.54, 1.807) is 6.07 Å². The van der Waals surface area contributed by atoms with Crippen LogP contribution in [0.3, 0.4) is 0 Å². The van der Waals surface area contributed by atoms with E-state index in [1.807, 2.05) is 13.8 Å². The van der Waals surface area contributed by atoms with E-state index >= 15 is 0 Å². The summed E-state index contributed by atoms with van der Waals surface area (Å²) in [5, 5.41) is 6.88. The summed E-state index contributed by atoms with van der Waals surface area (Å²) >= 11 is 0. The van der Waals surface area contributed by atoms with Crippen LogP contribution in [0.25, 0.3) is 0 Å². The van der Waals surface area contributed by atoms with Crippen molar-refractivity contribution in [3.63, 3.8) is 0 Å². The highest BCUT2D eigenvalue weighted by atomic mass is 35.5. The number of nitrogens with two attached hydrogens (primary N) is 2. The summed E-state index contributed by atoms with van der Waals surface area (Å²) in [6.07, 6.45) is 2.23. The SMILES string of the molecule is CC(C)(N)CN1CCCC(c2cc(C(N)=O)n[nH]2)C1.Cl. The molecule has 1 aliphatic rings. The smallest absolute Gasteiger partial charge is 0.269 e. The standard InChI is InChI=1S/C13H23N5O.ClH/c1-13(2,15)8-18-5-3-4-9(7-18)10-6-11(12(14)19)17-16-10;/h6,9H,3-5,7-8,15H2,1-2H3,(H2,14,19)(H,16,17);1H. The number of halogens is 1. The molecule has 0 aliphatic carbocycles. The highest BCUT2D eigenvalue weighted by Crippen LogP contribution is 2.26. The molecule has 1 aromatic heterocycles. The lowest BCUT2D eigenvalue weighted by atomic mass is 9.93. The Bertz CT molecular complexity index is 454. The molecule has 0 saturated carbocycles. The van der Waals surface area contributed by atoms with E-state index in [-0.39, 0.29) is 17.9 Å². The van der Waals surface area contributed by atoms with Gasteiger partial charge in [-0.1, -0.05) is 0 Å². The van der Waals surface area contributed by atoms with E-state index in [2.05, 4.69) is 15.1 Å². The summed E-state index contributed by atoms with van der Waals surface area (Å²) in [7, 11) is 0. The van der Waals surface area contributed by atoms with Crippen molar-refractivity contribution < 1.29 is 4.79 Å². The number of rotatable bonds is 4. The van der Waals surface area contributed by atoms with Gasteiger partial charge in [-0.15, -0.1) is 12.4 Å². The third-order valence-corrected chi connectivity index (χ3v) is 3.43. The molecule has 1 aliphatic heterocycles. The van der Waals surface area contributed by atoms with Crippen molar-refractivity contribution in [2.75, 3.05) is 19.6 Å². The molecule has 114 valence electrons. The average Bonchev–Trinajstić information content (AvgIpc) is 2.76. The second-order valence-corrected chi connectivity index (χ2v) is 6.14. The van der Waals surface area contributed by atoms with Crippen LogP contribution in [0.1, 0.15) is 48.8 Å². The zero-order chi connectivity index (χ0) is 14.0. The monoisotopic (exact) mass is 301 g/mol. The topological polar surface area (TPSA) is 101 Å². The largest absolute Gasteiger partial charge is 0.364 e. The summed E-state index contributed by atoms with van der Waals surface area (Å²) in [6, 6.07) is 1.77. The Hall–Kier alpha value is -1.11. The molecule has 1 unspecified atom stereocenters. The van der Waals surface area contributed by atoms with E-state index in [0.717, 1.165) is 38.2 Å². The quantitative estimate of drug-likeness (QED) is 0.767. The minimum Gasteiger partial charge on any atom is -0.364 e. The van der Waals surface area contributed by atoms with Crippen molar-refractivity contribution in [1.82, 2.24) is 15.1 Å². The highest BCUT2D eigenvalue weighted by molar-refractivity contribution is 5.90. The van der Waals surface area contributed by atoms with Gasteiger partial charge in [-0.3, -0.25) is 9.89 Å². The first kappa shape index (κ1) is 16.9. The molecule has 0 aromatic carbocycles. The Morgan fingerprint density at radius 2 is 2.30 bits per heavy atom. The van der Waals surface area contributed by atoms with Crippen LogP contribution in [-0.4, -0.2) is 46.2 Å². The minimum absolute atomic E-state index is 0. The van der Waals surface area contributed by atoms with Crippen LogP contribution in [0.4, 0.5) is 0 Å². The zero-order valence-corrected chi connectivity index (χ0v) is 12.9. The number of primary amides is 1. The number of amides is 1. The van der Waals surface area contributed by atoms with E-state index in [4.69, 9.17) is 11.5 Å². The lowest BCUT2D eigenvalue weighted by molar-refractivity contribution is 0.0995. The number of likely N-dealkylation sites (tertiary alicyclic amines) is 1. The number of aromatic amines is 1. The van der Waals surface area contributed by atoms with Crippen LogP contribution in [0.15, 0.2) is 6.07 Å². The highest BCUT2D eigenvalue weighted by Gasteiger charge is 2.26. The summed E-state index contributed by atoms with van der Waals surface area (Å²) in [5.41, 5.74) is 12.4. The van der Waals surface area contributed by atoms with E-state index in [1.165, 1.54) is 0 Å². The summed E-state index contributed by atoms with van der Waals surface area (Å²) in [4.78, 5) is 13.4. The summed E-state index contributed by atoms with van der Waals surface area (Å²) in [6.45, 7) is 6.98. The van der Waals surface area contributed by atoms with Crippen LogP contribution in [-0.2, 0) is 0 Å². The molecule has 6 nitrogen and oxygen atoms in total. The van der Waals surface area contributed by atoms with Crippen LogP contribution < -0.4 is 11.5 Å². The maximum Gasteiger partial charge on any atom is 0.269 e. The molecular formula is C13H24ClN5O. The first-order chi connectivity index (χ1) is 8.85. The molecule has 1 amide bonds. The number of nitrogens with one attached hydrogen (secondary N) is 1. The normalized spacial score (nSPS) is 20.4. The van der Waals surface area contributed by atoms with Gasteiger partial charge in [0.05, 0.1) is 0 Å². The number of hydrogen-bond donors (Lipinski definition) is 3. The van der Waals surface area contributed by atoms with Crippen molar-refractivity contribution in [3.8, 4) is 0 Å². The molecule has 0 radical (unpaired) electrons. The first-order valence-electron chi connectivity index (χ1n) is 6.71. The molecule has 20 heavy (non-hydrogen) atoms. The molecule has 2 rings (SSSR count). The number of hydrogen-bond acceptors (Lipinski definition) is 4. The first-order valence-corrected chi connectivity index (χ1v) is 6.71. The molecule has 1 fully saturated rings. The van der Waals surface area contributed by atoms with Crippen molar-refractivity contribution in [2.24, 2.45) is 11.5 Å². The Morgan fingerprint density at radius 3 is 2.85 bits per heavy atom. The molecule has 1 atom stereocenters. The van der Waals surface area contributed by atoms with Crippen molar-refractivity contribution >= 4 is 18.3 Å². The number of carbonyl (C=O) groups is 1. The van der Waals surface area contributed by atoms with Crippen LogP contribution in [0, 0.1) is 0 Å². The minimum atomic E-state index is -0.488. The van der Waals surface area contributed by atoms with E-state index < -0.39 is 5.91 Å². The van der Waals surface area contributed by atoms with Gasteiger partial charge >= 0.3 is 0 Å². The van der Waals surface area contributed by atoms with Crippen molar-refractivity contribution in [2.45, 2.75) is 38.1 Å². The molecule has 5 N–H and O–H groups in total. The number of nitrogens with zero attached hydrogens (tertiary/aromatic N) is 2. The predicted octanol–water partition coefficient (Wildman–Crippen LogP) is 0.847. The maximum atomic E-state index is 11.1. The van der Waals surface area contributed by atoms with Crippen molar-refractivity contribution in [1.29, 1.82) is 0 Å². The molecular weight excluding hydrogens is 278 g/mol. The molecule has 0 bridgehead atoms. The van der Waals surface area contributed by atoms with Crippen LogP contribution in [0.2, 0.25) is 0 Å². The Balaban J connectivity index is 0.00000200. The Kier molecular flexibility index (Phi) is 5.56. The fourth-order valence-electron chi connectivity index (χ4n) is 2.70. The average molecular weight is 302 g/mol. The van der Waals surface area contributed by atoms with Gasteiger partial charge in [-0.2, -0.15) is 5.10 Å². The van der Waals surface area contributed by atoms with Gasteiger partial charge in [0.15, 0.2) is 0 Å². The number of piperidine rings is 1. The van der Waals surface area contributed by atoms with E-state index in [0.29, 0.717) is 11.6 Å². The lowest BCUT2D eigenvalue weighted by Gasteiger charge is -2.36. The Labute approximate surface area is 125 Å². The second kappa shape index (κ2) is 6.56. The van der Waals surface area contributed by atoms with Crippen LogP contribution >= 0.6 is 12.4 Å². The van der Waals surface area contributed by atoms with Gasteiger partial charge in [0.2, 0.25) is 0 Å². The van der Waals surface area contributed by atoms with Gasteiger partial charge < -0.3 is 16.4 Å². The molecule has 2 heterocycles. The third-order valence-electron chi connectivity index (χ3n) is 3.43. The second-order valence-electron chi connectivity index (χ2n) is 6.14. The van der Waals surface area contributed by atoms with Gasteiger partial charge in [0.1, 0.15) is 5.69 Å². The molecule has 1 aromatic rings. The summed E-state index contributed by atoms with van der Waals surface area (Å²) < 4.78 is 0. The molecule has 0 spiro atoms. The number of aromatic nitrogens is 2. The summed E-state index contributed by atoms with van der Waals surface area (Å²) in [5.74, 6) is -0.116. The Morgan fingerprint density at radius 1 is 1.60 bits per heavy atom. The third kappa shape index (κ3) is 4.47. The van der Waals surface area contributed by atoms with Crippen LogP contribution in [0.5, 0.6) is 0 Å². The fraction of sp³-hybridized carbons (Fsp3) is 0.692. The van der Waals surface area contributed by atoms with Crippen molar-refractivity contribution in [3.05, 3.63) is 17.5 Å². The predicted molar refractivity (Wildman–Crippen MR) is 81.0 cm³/mol. The number of H-pyrrole nitrogens is 1.